The number of primary amides is 1. The van der Waals surface area contributed by atoms with E-state index in [4.69, 9.17) is 10.5 Å². The first-order valence-corrected chi connectivity index (χ1v) is 8.98. The Bertz CT molecular complexity index is 831. The number of anilines is 1. The number of nitrogens with two attached hydrogens (primary N) is 1. The Morgan fingerprint density at radius 1 is 1.12 bits per heavy atom. The van der Waals surface area contributed by atoms with Crippen LogP contribution < -0.4 is 26.2 Å². The van der Waals surface area contributed by atoms with Crippen molar-refractivity contribution in [3.8, 4) is 5.75 Å². The van der Waals surface area contributed by atoms with Crippen LogP contribution in [0, 0.1) is 11.8 Å². The highest BCUT2D eigenvalue weighted by molar-refractivity contribution is 5.76. The van der Waals surface area contributed by atoms with Gasteiger partial charge in [0.1, 0.15) is 12.3 Å². The Balaban J connectivity index is 1.60. The minimum atomic E-state index is -0.555. The van der Waals surface area contributed by atoms with Crippen molar-refractivity contribution in [1.29, 1.82) is 0 Å². The van der Waals surface area contributed by atoms with Crippen LogP contribution >= 0.6 is 0 Å². The molecule has 1 aliphatic rings. The molecule has 1 aliphatic carbocycles. The van der Waals surface area contributed by atoms with Gasteiger partial charge in [0, 0.05) is 19.5 Å². The second kappa shape index (κ2) is 7.72. The number of rotatable bonds is 7. The molecule has 1 amide bonds. The van der Waals surface area contributed by atoms with Gasteiger partial charge in [0.25, 0.3) is 10.9 Å². The van der Waals surface area contributed by atoms with Crippen molar-refractivity contribution in [1.82, 2.24) is 0 Å². The molecule has 0 heterocycles. The number of hydrogen-bond acceptors (Lipinski definition) is 5. The first-order chi connectivity index (χ1) is 12.5. The molecule has 2 N–H and O–H groups in total. The Kier molecular flexibility index (Phi) is 5.40. The summed E-state index contributed by atoms with van der Waals surface area (Å²) in [5, 5.41) is 0. The zero-order valence-corrected chi connectivity index (χ0v) is 14.9. The zero-order valence-electron chi connectivity index (χ0n) is 14.9. The van der Waals surface area contributed by atoms with Crippen molar-refractivity contribution in [2.24, 2.45) is 17.6 Å². The van der Waals surface area contributed by atoms with Crippen LogP contribution in [0.3, 0.4) is 0 Å². The predicted octanol–water partition coefficient (Wildman–Crippen LogP) is 1.59. The van der Waals surface area contributed by atoms with Crippen molar-refractivity contribution in [3.63, 3.8) is 0 Å². The lowest BCUT2D eigenvalue weighted by Gasteiger charge is -2.31. The molecule has 0 spiro atoms. The summed E-state index contributed by atoms with van der Waals surface area (Å²) in [6.07, 6.45) is 3.37. The summed E-state index contributed by atoms with van der Waals surface area (Å²) < 4.78 is 5.62. The van der Waals surface area contributed by atoms with Gasteiger partial charge in [0.05, 0.1) is 0 Å². The number of carbonyl (C=O) groups excluding carboxylic acids is 1. The topological polar surface area (TPSA) is 89.7 Å². The van der Waals surface area contributed by atoms with Gasteiger partial charge >= 0.3 is 0 Å². The fourth-order valence-corrected chi connectivity index (χ4v) is 3.68. The Morgan fingerprint density at radius 2 is 1.77 bits per heavy atom. The first kappa shape index (κ1) is 18.2. The van der Waals surface area contributed by atoms with Gasteiger partial charge in [-0.05, 0) is 37.2 Å². The molecule has 0 aliphatic heterocycles. The zero-order chi connectivity index (χ0) is 18.7. The van der Waals surface area contributed by atoms with Crippen LogP contribution in [-0.4, -0.2) is 19.5 Å². The average molecular weight is 356 g/mol. The van der Waals surface area contributed by atoms with E-state index >= 15 is 0 Å². The van der Waals surface area contributed by atoms with Crippen molar-refractivity contribution >= 4 is 11.6 Å². The largest absolute Gasteiger partial charge is 0.482 e. The molecule has 138 valence electrons. The molecule has 2 aromatic rings. The van der Waals surface area contributed by atoms with E-state index < -0.39 is 10.9 Å². The second-order valence-electron chi connectivity index (χ2n) is 7.11. The predicted molar refractivity (Wildman–Crippen MR) is 100 cm³/mol. The molecular formula is C20H24N2O4. The lowest BCUT2D eigenvalue weighted by molar-refractivity contribution is -0.122. The molecular weight excluding hydrogens is 332 g/mol. The third-order valence-electron chi connectivity index (χ3n) is 5.23. The van der Waals surface area contributed by atoms with Crippen molar-refractivity contribution in [2.75, 3.05) is 18.5 Å². The summed E-state index contributed by atoms with van der Waals surface area (Å²) in [6, 6.07) is 9.53. The fraction of sp³-hybridized carbons (Fsp3) is 0.450. The maximum atomic E-state index is 12.0. The summed E-state index contributed by atoms with van der Waals surface area (Å²) >= 11 is 0. The van der Waals surface area contributed by atoms with Gasteiger partial charge in [0.2, 0.25) is 5.91 Å². The van der Waals surface area contributed by atoms with Gasteiger partial charge in [-0.2, -0.15) is 0 Å². The van der Waals surface area contributed by atoms with Gasteiger partial charge < -0.3 is 15.4 Å². The molecule has 0 saturated heterocycles. The molecule has 0 atom stereocenters. The maximum absolute atomic E-state index is 12.0. The van der Waals surface area contributed by atoms with Crippen LogP contribution in [0.25, 0.3) is 0 Å². The van der Waals surface area contributed by atoms with Crippen LogP contribution in [0.5, 0.6) is 5.75 Å². The molecule has 0 radical (unpaired) electrons. The van der Waals surface area contributed by atoms with Gasteiger partial charge in [-0.3, -0.25) is 14.4 Å². The molecule has 0 bridgehead atoms. The minimum Gasteiger partial charge on any atom is -0.482 e. The highest BCUT2D eigenvalue weighted by Gasteiger charge is 2.29. The van der Waals surface area contributed by atoms with Crippen LogP contribution in [0.1, 0.15) is 31.2 Å². The number of benzene rings is 1. The van der Waals surface area contributed by atoms with Crippen LogP contribution in [0.4, 0.5) is 5.69 Å². The van der Waals surface area contributed by atoms with Crippen molar-refractivity contribution in [2.45, 2.75) is 32.3 Å². The van der Waals surface area contributed by atoms with Gasteiger partial charge in [0.15, 0.2) is 5.75 Å². The number of amides is 1. The van der Waals surface area contributed by atoms with E-state index in [1.165, 1.54) is 0 Å². The molecule has 26 heavy (non-hydrogen) atoms. The normalized spacial score (nSPS) is 20.0. The maximum Gasteiger partial charge on any atom is 0.272 e. The highest BCUT2D eigenvalue weighted by Crippen LogP contribution is 2.31. The number of hydrogen-bond donors (Lipinski definition) is 1. The van der Waals surface area contributed by atoms with Crippen LogP contribution in [0.2, 0.25) is 0 Å². The standard InChI is InChI=1S/C20H24N2O4/c1-22(11-13-7-9-15(10-8-13)20(21)25)16-17(23)18(24)19(16)26-12-14-5-3-2-4-6-14/h2-6,13,15H,7-12H2,1H3,(H2,21,25). The Morgan fingerprint density at radius 3 is 2.38 bits per heavy atom. The van der Waals surface area contributed by atoms with Gasteiger partial charge in [-0.15, -0.1) is 0 Å². The summed E-state index contributed by atoms with van der Waals surface area (Å²) in [5.41, 5.74) is 5.64. The smallest absolute Gasteiger partial charge is 0.272 e. The third kappa shape index (κ3) is 3.79. The van der Waals surface area contributed by atoms with Crippen LogP contribution in [0.15, 0.2) is 39.9 Å². The highest BCUT2D eigenvalue weighted by atomic mass is 16.5. The van der Waals surface area contributed by atoms with Crippen LogP contribution in [-0.2, 0) is 11.4 Å². The van der Waals surface area contributed by atoms with Crippen molar-refractivity contribution < 1.29 is 9.53 Å². The molecule has 6 heteroatoms. The lowest BCUT2D eigenvalue weighted by Crippen LogP contribution is -2.42. The molecule has 2 aromatic carbocycles. The molecule has 0 unspecified atom stereocenters. The first-order valence-electron chi connectivity index (χ1n) is 8.98. The monoisotopic (exact) mass is 356 g/mol. The lowest BCUT2D eigenvalue weighted by atomic mass is 9.81. The molecule has 0 aromatic heterocycles. The molecule has 6 nitrogen and oxygen atoms in total. The van der Waals surface area contributed by atoms with E-state index in [0.29, 0.717) is 18.2 Å². The summed E-state index contributed by atoms with van der Waals surface area (Å²) in [5.74, 6) is 0.275. The number of ether oxygens (including phenoxy) is 1. The van der Waals surface area contributed by atoms with E-state index in [1.807, 2.05) is 42.3 Å². The summed E-state index contributed by atoms with van der Waals surface area (Å²) in [7, 11) is 1.81. The summed E-state index contributed by atoms with van der Waals surface area (Å²) in [6.45, 7) is 0.925. The van der Waals surface area contributed by atoms with Crippen molar-refractivity contribution in [3.05, 3.63) is 56.3 Å². The Labute approximate surface area is 152 Å². The van der Waals surface area contributed by atoms with E-state index in [-0.39, 0.29) is 24.2 Å². The average Bonchev–Trinajstić information content (AvgIpc) is 2.65. The van der Waals surface area contributed by atoms with E-state index in [2.05, 4.69) is 0 Å². The Hall–Kier alpha value is -2.63. The summed E-state index contributed by atoms with van der Waals surface area (Å²) in [4.78, 5) is 37.0. The van der Waals surface area contributed by atoms with E-state index in [9.17, 15) is 14.4 Å². The van der Waals surface area contributed by atoms with E-state index in [0.717, 1.165) is 31.2 Å². The SMILES string of the molecule is CN(CC1CCC(C(N)=O)CC1)c1c(OCc2ccccc2)c(=O)c1=O. The minimum absolute atomic E-state index is 0.0348. The molecule has 3 rings (SSSR count). The number of nitrogens with zero attached hydrogens (tertiary/aromatic N) is 1. The van der Waals surface area contributed by atoms with Gasteiger partial charge in [-0.1, -0.05) is 30.3 Å². The second-order valence-corrected chi connectivity index (χ2v) is 7.11. The van der Waals surface area contributed by atoms with Gasteiger partial charge in [-0.25, -0.2) is 0 Å². The fourth-order valence-electron chi connectivity index (χ4n) is 3.68. The molecule has 1 fully saturated rings. The molecule has 1 saturated carbocycles. The number of carbonyl (C=O) groups is 1. The quantitative estimate of drug-likeness (QED) is 0.761. The third-order valence-corrected chi connectivity index (χ3v) is 5.23. The van der Waals surface area contributed by atoms with E-state index in [1.54, 1.807) is 0 Å².